The zero-order chi connectivity index (χ0) is 13.8. The van der Waals surface area contributed by atoms with Crippen LogP contribution >= 0.6 is 0 Å². The minimum atomic E-state index is -0.296. The molecule has 0 N–H and O–H groups in total. The molecule has 3 nitrogen and oxygen atoms in total. The molecule has 0 unspecified atom stereocenters. The highest BCUT2D eigenvalue weighted by atomic mass is 16.5. The van der Waals surface area contributed by atoms with Crippen LogP contribution in [0.15, 0.2) is 29.3 Å². The Balaban J connectivity index is 1.82. The molecule has 1 aliphatic heterocycles. The van der Waals surface area contributed by atoms with Gasteiger partial charge in [-0.2, -0.15) is 4.99 Å². The largest absolute Gasteiger partial charge is 0.381 e. The van der Waals surface area contributed by atoms with Crippen molar-refractivity contribution in [3.63, 3.8) is 0 Å². The molecule has 1 aromatic carbocycles. The van der Waals surface area contributed by atoms with Crippen molar-refractivity contribution in [2.24, 2.45) is 4.99 Å². The molecule has 1 aliphatic carbocycles. The van der Waals surface area contributed by atoms with Crippen molar-refractivity contribution in [1.82, 2.24) is 0 Å². The van der Waals surface area contributed by atoms with E-state index < -0.39 is 0 Å². The van der Waals surface area contributed by atoms with Gasteiger partial charge in [-0.3, -0.25) is 0 Å². The Morgan fingerprint density at radius 3 is 2.35 bits per heavy atom. The van der Waals surface area contributed by atoms with E-state index in [1.54, 1.807) is 6.08 Å². The minimum absolute atomic E-state index is 0.296. The predicted octanol–water partition coefficient (Wildman–Crippen LogP) is 3.69. The van der Waals surface area contributed by atoms with E-state index in [2.05, 4.69) is 29.3 Å². The maximum absolute atomic E-state index is 10.7. The lowest BCUT2D eigenvalue weighted by molar-refractivity contribution is 0.0853. The van der Waals surface area contributed by atoms with Crippen LogP contribution in [0.3, 0.4) is 0 Å². The normalized spacial score (nSPS) is 22.4. The summed E-state index contributed by atoms with van der Waals surface area (Å²) in [6, 6.07) is 8.76. The van der Waals surface area contributed by atoms with Crippen LogP contribution in [0, 0.1) is 0 Å². The van der Waals surface area contributed by atoms with Crippen LogP contribution in [0.1, 0.15) is 55.6 Å². The monoisotopic (exact) mass is 271 g/mol. The first-order chi connectivity index (χ1) is 9.84. The van der Waals surface area contributed by atoms with Crippen LogP contribution in [0.25, 0.3) is 0 Å². The fourth-order valence-electron chi connectivity index (χ4n) is 3.61. The first kappa shape index (κ1) is 13.5. The second-order valence-corrected chi connectivity index (χ2v) is 5.95. The summed E-state index contributed by atoms with van der Waals surface area (Å²) in [5.74, 6) is 0.618. The molecule has 0 amide bonds. The Morgan fingerprint density at radius 2 is 1.75 bits per heavy atom. The third-order valence-electron chi connectivity index (χ3n) is 4.83. The van der Waals surface area contributed by atoms with Crippen molar-refractivity contribution in [3.05, 3.63) is 35.4 Å². The molecular weight excluding hydrogens is 250 g/mol. The number of ether oxygens (including phenoxy) is 1. The summed E-state index contributed by atoms with van der Waals surface area (Å²) in [7, 11) is 0. The van der Waals surface area contributed by atoms with Gasteiger partial charge in [0, 0.05) is 13.2 Å². The van der Waals surface area contributed by atoms with Crippen molar-refractivity contribution in [3.8, 4) is 0 Å². The van der Waals surface area contributed by atoms with E-state index in [-0.39, 0.29) is 5.54 Å². The summed E-state index contributed by atoms with van der Waals surface area (Å²) < 4.78 is 5.42. The number of rotatable bonds is 3. The molecule has 3 rings (SSSR count). The SMILES string of the molecule is O=C=NC1(c2ccc(C3CCOCC3)cc2)CCCC1. The molecule has 1 heterocycles. The highest BCUT2D eigenvalue weighted by Crippen LogP contribution is 2.42. The summed E-state index contributed by atoms with van der Waals surface area (Å²) in [6.07, 6.45) is 8.24. The van der Waals surface area contributed by atoms with Gasteiger partial charge in [0.25, 0.3) is 0 Å². The number of carbonyl (C=O) groups excluding carboxylic acids is 1. The Hall–Kier alpha value is -1.44. The van der Waals surface area contributed by atoms with Gasteiger partial charge in [0.2, 0.25) is 6.08 Å². The molecule has 106 valence electrons. The molecule has 1 saturated carbocycles. The van der Waals surface area contributed by atoms with E-state index in [1.807, 2.05) is 0 Å². The smallest absolute Gasteiger partial charge is 0.235 e. The van der Waals surface area contributed by atoms with E-state index in [9.17, 15) is 4.79 Å². The lowest BCUT2D eigenvalue weighted by Crippen LogP contribution is -2.19. The van der Waals surface area contributed by atoms with Gasteiger partial charge in [-0.1, -0.05) is 37.1 Å². The fourth-order valence-corrected chi connectivity index (χ4v) is 3.61. The molecule has 0 radical (unpaired) electrons. The van der Waals surface area contributed by atoms with Crippen LogP contribution in [0.4, 0.5) is 0 Å². The van der Waals surface area contributed by atoms with Gasteiger partial charge < -0.3 is 4.74 Å². The first-order valence-corrected chi connectivity index (χ1v) is 7.61. The Bertz CT molecular complexity index is 490. The van der Waals surface area contributed by atoms with Crippen molar-refractivity contribution < 1.29 is 9.53 Å². The van der Waals surface area contributed by atoms with Gasteiger partial charge >= 0.3 is 0 Å². The van der Waals surface area contributed by atoms with Crippen molar-refractivity contribution in [1.29, 1.82) is 0 Å². The zero-order valence-corrected chi connectivity index (χ0v) is 11.8. The quantitative estimate of drug-likeness (QED) is 0.621. The van der Waals surface area contributed by atoms with Gasteiger partial charge in [-0.25, -0.2) is 4.79 Å². The summed E-state index contributed by atoms with van der Waals surface area (Å²) >= 11 is 0. The molecule has 0 aromatic heterocycles. The molecule has 3 heteroatoms. The van der Waals surface area contributed by atoms with Gasteiger partial charge in [0.1, 0.15) is 0 Å². The van der Waals surface area contributed by atoms with Crippen LogP contribution in [-0.2, 0) is 15.1 Å². The summed E-state index contributed by atoms with van der Waals surface area (Å²) in [4.78, 5) is 14.9. The molecular formula is C17H21NO2. The van der Waals surface area contributed by atoms with Crippen molar-refractivity contribution in [2.45, 2.75) is 50.0 Å². The number of isocyanates is 1. The van der Waals surface area contributed by atoms with Gasteiger partial charge in [0.15, 0.2) is 0 Å². The average molecular weight is 271 g/mol. The molecule has 0 spiro atoms. The lowest BCUT2D eigenvalue weighted by atomic mass is 9.85. The third-order valence-corrected chi connectivity index (χ3v) is 4.83. The molecule has 2 fully saturated rings. The highest BCUT2D eigenvalue weighted by Gasteiger charge is 2.35. The topological polar surface area (TPSA) is 38.7 Å². The van der Waals surface area contributed by atoms with E-state index in [1.165, 1.54) is 11.1 Å². The number of aliphatic imine (C=N–C) groups is 1. The maximum atomic E-state index is 10.7. The standard InChI is InChI=1S/C17H21NO2/c19-13-18-17(9-1-2-10-17)16-5-3-14(4-6-16)15-7-11-20-12-8-15/h3-6,15H,1-2,7-12H2. The van der Waals surface area contributed by atoms with E-state index in [0.717, 1.165) is 51.7 Å². The van der Waals surface area contributed by atoms with Gasteiger partial charge in [0.05, 0.1) is 5.54 Å². The number of benzene rings is 1. The highest BCUT2D eigenvalue weighted by molar-refractivity contribution is 5.39. The molecule has 1 saturated heterocycles. The van der Waals surface area contributed by atoms with E-state index >= 15 is 0 Å². The van der Waals surface area contributed by atoms with E-state index in [0.29, 0.717) is 5.92 Å². The minimum Gasteiger partial charge on any atom is -0.381 e. The van der Waals surface area contributed by atoms with Crippen LogP contribution in [0.5, 0.6) is 0 Å². The molecule has 0 atom stereocenters. The van der Waals surface area contributed by atoms with Crippen LogP contribution in [0.2, 0.25) is 0 Å². The Labute approximate surface area is 120 Å². The first-order valence-electron chi connectivity index (χ1n) is 7.61. The lowest BCUT2D eigenvalue weighted by Gasteiger charge is -2.25. The Morgan fingerprint density at radius 1 is 1.10 bits per heavy atom. The Kier molecular flexibility index (Phi) is 4.00. The number of hydrogen-bond acceptors (Lipinski definition) is 3. The second kappa shape index (κ2) is 5.90. The van der Waals surface area contributed by atoms with Crippen molar-refractivity contribution >= 4 is 6.08 Å². The average Bonchev–Trinajstić information content (AvgIpc) is 2.99. The summed E-state index contributed by atoms with van der Waals surface area (Å²) in [5, 5.41) is 0. The van der Waals surface area contributed by atoms with Crippen LogP contribution < -0.4 is 0 Å². The zero-order valence-electron chi connectivity index (χ0n) is 11.8. The van der Waals surface area contributed by atoms with E-state index in [4.69, 9.17) is 4.74 Å². The van der Waals surface area contributed by atoms with Gasteiger partial charge in [-0.05, 0) is 42.7 Å². The molecule has 1 aromatic rings. The maximum Gasteiger partial charge on any atom is 0.235 e. The molecule has 20 heavy (non-hydrogen) atoms. The predicted molar refractivity (Wildman–Crippen MR) is 77.5 cm³/mol. The van der Waals surface area contributed by atoms with Gasteiger partial charge in [-0.15, -0.1) is 0 Å². The second-order valence-electron chi connectivity index (χ2n) is 5.95. The molecule has 2 aliphatic rings. The third kappa shape index (κ3) is 2.56. The number of hydrogen-bond donors (Lipinski definition) is 0. The van der Waals surface area contributed by atoms with Crippen molar-refractivity contribution in [2.75, 3.05) is 13.2 Å². The number of nitrogens with zero attached hydrogens (tertiary/aromatic N) is 1. The fraction of sp³-hybridized carbons (Fsp3) is 0.588. The van der Waals surface area contributed by atoms with Crippen LogP contribution in [-0.4, -0.2) is 19.3 Å². The summed E-state index contributed by atoms with van der Waals surface area (Å²) in [5.41, 5.74) is 2.27. The molecule has 0 bridgehead atoms. The summed E-state index contributed by atoms with van der Waals surface area (Å²) in [6.45, 7) is 1.73.